The van der Waals surface area contributed by atoms with E-state index < -0.39 is 11.9 Å². The number of nitrogens with zero attached hydrogens (tertiary/aromatic N) is 2. The number of pyridine rings is 1. The third-order valence-electron chi connectivity index (χ3n) is 4.66. The van der Waals surface area contributed by atoms with E-state index in [-0.39, 0.29) is 27.7 Å². The van der Waals surface area contributed by atoms with Gasteiger partial charge in [0.25, 0.3) is 0 Å². The highest BCUT2D eigenvalue weighted by atomic mass is 32.2. The highest BCUT2D eigenvalue weighted by Crippen LogP contribution is 2.35. The monoisotopic (exact) mass is 488 g/mol. The van der Waals surface area contributed by atoms with Crippen LogP contribution >= 0.6 is 23.1 Å². The molecule has 4 nitrogen and oxygen atoms in total. The smallest absolute Gasteiger partial charge is 0.433 e. The van der Waals surface area contributed by atoms with E-state index in [0.29, 0.717) is 16.2 Å². The maximum atomic E-state index is 13.2. The summed E-state index contributed by atoms with van der Waals surface area (Å²) >= 11 is 2.44. The van der Waals surface area contributed by atoms with E-state index in [1.165, 1.54) is 31.4 Å². The molecule has 0 saturated carbocycles. The van der Waals surface area contributed by atoms with Gasteiger partial charge in [0.2, 0.25) is 0 Å². The largest absolute Gasteiger partial charge is 0.496 e. The Morgan fingerprint density at radius 2 is 2.00 bits per heavy atom. The maximum Gasteiger partial charge on any atom is 0.433 e. The number of thioether (sulfide) groups is 1. The molecule has 1 aromatic carbocycles. The van der Waals surface area contributed by atoms with Gasteiger partial charge in [-0.15, -0.1) is 23.1 Å². The van der Waals surface area contributed by atoms with Crippen LogP contribution in [0.1, 0.15) is 42.5 Å². The average Bonchev–Trinajstić information content (AvgIpc) is 3.21. The lowest BCUT2D eigenvalue weighted by atomic mass is 10.1. The SMILES string of the molecule is COc1ccc(/C=C/C(=O)c2ccc(C)s2)cc1CSc1nc(C(F)(F)F)cc(C)c1C#N. The minimum absolute atomic E-state index is 0.0102. The summed E-state index contributed by atoms with van der Waals surface area (Å²) in [5, 5.41) is 9.41. The summed E-state index contributed by atoms with van der Waals surface area (Å²) in [4.78, 5) is 17.7. The van der Waals surface area contributed by atoms with Gasteiger partial charge in [0.1, 0.15) is 22.5 Å². The van der Waals surface area contributed by atoms with Crippen molar-refractivity contribution in [3.8, 4) is 11.8 Å². The Morgan fingerprint density at radius 1 is 1.24 bits per heavy atom. The fourth-order valence-corrected chi connectivity index (χ4v) is 4.83. The number of alkyl halides is 3. The number of halogens is 3. The summed E-state index contributed by atoms with van der Waals surface area (Å²) in [5.41, 5.74) is 0.729. The summed E-state index contributed by atoms with van der Waals surface area (Å²) in [7, 11) is 1.50. The molecular weight excluding hydrogens is 469 g/mol. The molecule has 0 aliphatic heterocycles. The van der Waals surface area contributed by atoms with Crippen molar-refractivity contribution < 1.29 is 22.7 Å². The summed E-state index contributed by atoms with van der Waals surface area (Å²) in [6.45, 7) is 3.38. The predicted molar refractivity (Wildman–Crippen MR) is 124 cm³/mol. The molecule has 2 heterocycles. The second-order valence-corrected chi connectivity index (χ2v) is 9.33. The lowest BCUT2D eigenvalue weighted by Crippen LogP contribution is -2.10. The third kappa shape index (κ3) is 6.03. The topological polar surface area (TPSA) is 63.0 Å². The Balaban J connectivity index is 1.85. The number of hydrogen-bond donors (Lipinski definition) is 0. The standard InChI is InChI=1S/C24H19F3N2O2S2/c1-14-10-22(24(25,26)27)29-23(18(14)12-28)32-13-17-11-16(6-8-20(17)31-3)5-7-19(30)21-9-4-15(2)33-21/h4-11H,13H2,1-3H3/b7-5+. The van der Waals surface area contributed by atoms with E-state index in [2.05, 4.69) is 4.98 Å². The molecule has 170 valence electrons. The van der Waals surface area contributed by atoms with Gasteiger partial charge in [0, 0.05) is 16.2 Å². The van der Waals surface area contributed by atoms with Crippen molar-refractivity contribution in [2.24, 2.45) is 0 Å². The number of aryl methyl sites for hydroxylation is 2. The number of nitriles is 1. The number of hydrogen-bond acceptors (Lipinski definition) is 6. The quantitative estimate of drug-likeness (QED) is 0.207. The van der Waals surface area contributed by atoms with Gasteiger partial charge in [0.05, 0.1) is 17.6 Å². The van der Waals surface area contributed by atoms with Crippen LogP contribution in [0.25, 0.3) is 6.08 Å². The molecule has 0 radical (unpaired) electrons. The molecule has 0 N–H and O–H groups in total. The molecule has 0 fully saturated rings. The number of aromatic nitrogens is 1. The van der Waals surface area contributed by atoms with Crippen LogP contribution in [0.3, 0.4) is 0 Å². The van der Waals surface area contributed by atoms with Crippen molar-refractivity contribution in [3.63, 3.8) is 0 Å². The summed E-state index contributed by atoms with van der Waals surface area (Å²) in [6.07, 6.45) is -1.45. The van der Waals surface area contributed by atoms with Crippen LogP contribution in [0.2, 0.25) is 0 Å². The first-order valence-corrected chi connectivity index (χ1v) is 11.5. The molecule has 0 unspecified atom stereocenters. The average molecular weight is 489 g/mol. The molecular formula is C24H19F3N2O2S2. The lowest BCUT2D eigenvalue weighted by Gasteiger charge is -2.13. The van der Waals surface area contributed by atoms with Crippen molar-refractivity contribution in [2.75, 3.05) is 7.11 Å². The molecule has 0 atom stereocenters. The van der Waals surface area contributed by atoms with Gasteiger partial charge in [-0.25, -0.2) is 4.98 Å². The van der Waals surface area contributed by atoms with Crippen molar-refractivity contribution >= 4 is 35.0 Å². The molecule has 2 aromatic heterocycles. The highest BCUT2D eigenvalue weighted by Gasteiger charge is 2.34. The molecule has 0 spiro atoms. The van der Waals surface area contributed by atoms with E-state index in [4.69, 9.17) is 4.74 Å². The molecule has 3 rings (SSSR count). The molecule has 0 saturated heterocycles. The van der Waals surface area contributed by atoms with Gasteiger partial charge in [0.15, 0.2) is 5.78 Å². The molecule has 0 aliphatic carbocycles. The van der Waals surface area contributed by atoms with Crippen LogP contribution in [0.4, 0.5) is 13.2 Å². The number of carbonyl (C=O) groups excluding carboxylic acids is 1. The van der Waals surface area contributed by atoms with E-state index >= 15 is 0 Å². The number of ketones is 1. The zero-order valence-corrected chi connectivity index (χ0v) is 19.6. The minimum atomic E-state index is -4.61. The zero-order chi connectivity index (χ0) is 24.2. The van der Waals surface area contributed by atoms with Crippen molar-refractivity contribution in [1.82, 2.24) is 4.98 Å². The highest BCUT2D eigenvalue weighted by molar-refractivity contribution is 7.98. The maximum absolute atomic E-state index is 13.2. The Bertz CT molecular complexity index is 1260. The minimum Gasteiger partial charge on any atom is -0.496 e. The number of allylic oxidation sites excluding steroid dienone is 1. The Hall–Kier alpha value is -3.09. The van der Waals surface area contributed by atoms with E-state index in [9.17, 15) is 23.2 Å². The molecule has 0 amide bonds. The Morgan fingerprint density at radius 3 is 2.61 bits per heavy atom. The summed E-state index contributed by atoms with van der Waals surface area (Å²) < 4.78 is 44.9. The van der Waals surface area contributed by atoms with Crippen molar-refractivity contribution in [3.05, 3.63) is 80.2 Å². The van der Waals surface area contributed by atoms with Crippen LogP contribution in [-0.2, 0) is 11.9 Å². The van der Waals surface area contributed by atoms with Crippen LogP contribution < -0.4 is 4.74 Å². The zero-order valence-electron chi connectivity index (χ0n) is 18.0. The fraction of sp³-hybridized carbons (Fsp3) is 0.208. The van der Waals surface area contributed by atoms with Crippen molar-refractivity contribution in [1.29, 1.82) is 5.26 Å². The number of benzene rings is 1. The number of thiophene rings is 1. The first kappa shape index (κ1) is 24.6. The molecule has 33 heavy (non-hydrogen) atoms. The van der Waals surface area contributed by atoms with E-state index in [1.54, 1.807) is 30.3 Å². The first-order chi connectivity index (χ1) is 15.6. The van der Waals surface area contributed by atoms with Gasteiger partial charge >= 0.3 is 6.18 Å². The van der Waals surface area contributed by atoms with Crippen LogP contribution in [-0.4, -0.2) is 17.9 Å². The van der Waals surface area contributed by atoms with Crippen LogP contribution in [0.5, 0.6) is 5.75 Å². The van der Waals surface area contributed by atoms with E-state index in [0.717, 1.165) is 28.3 Å². The molecule has 9 heteroatoms. The number of carbonyl (C=O) groups is 1. The van der Waals surface area contributed by atoms with Gasteiger partial charge in [-0.3, -0.25) is 4.79 Å². The van der Waals surface area contributed by atoms with Gasteiger partial charge in [-0.1, -0.05) is 12.1 Å². The predicted octanol–water partition coefficient (Wildman–Crippen LogP) is 6.85. The number of ether oxygens (including phenoxy) is 1. The van der Waals surface area contributed by atoms with Gasteiger partial charge in [-0.05, 0) is 61.4 Å². The summed E-state index contributed by atoms with van der Waals surface area (Å²) in [6, 6.07) is 11.8. The molecule has 0 aliphatic rings. The van der Waals surface area contributed by atoms with E-state index in [1.807, 2.05) is 19.1 Å². The number of methoxy groups -OCH3 is 1. The fourth-order valence-electron chi connectivity index (χ4n) is 3.01. The Labute approximate surface area is 197 Å². The molecule has 0 bridgehead atoms. The second-order valence-electron chi connectivity index (χ2n) is 7.08. The van der Waals surface area contributed by atoms with Gasteiger partial charge < -0.3 is 4.74 Å². The van der Waals surface area contributed by atoms with Crippen LogP contribution in [0, 0.1) is 25.2 Å². The Kier molecular flexibility index (Phi) is 7.61. The summed E-state index contributed by atoms with van der Waals surface area (Å²) in [5.74, 6) is 0.662. The first-order valence-electron chi connectivity index (χ1n) is 9.70. The normalized spacial score (nSPS) is 11.5. The van der Waals surface area contributed by atoms with Crippen molar-refractivity contribution in [2.45, 2.75) is 30.8 Å². The second kappa shape index (κ2) is 10.2. The molecule has 3 aromatic rings. The van der Waals surface area contributed by atoms with Gasteiger partial charge in [-0.2, -0.15) is 18.4 Å². The third-order valence-corrected chi connectivity index (χ3v) is 6.70. The number of rotatable bonds is 7. The van der Waals surface area contributed by atoms with Crippen LogP contribution in [0.15, 0.2) is 47.5 Å². The lowest BCUT2D eigenvalue weighted by molar-refractivity contribution is -0.141.